The molecule has 1 heterocycles. The van der Waals surface area contributed by atoms with Crippen molar-refractivity contribution in [2.45, 2.75) is 6.92 Å². The maximum absolute atomic E-state index is 13.8. The number of carbonyl (C=O) groups excluding carboxylic acids is 1. The van der Waals surface area contributed by atoms with Gasteiger partial charge in [-0.2, -0.15) is 0 Å². The monoisotopic (exact) mass is 348 g/mol. The van der Waals surface area contributed by atoms with Crippen molar-refractivity contribution in [3.05, 3.63) is 68.1 Å². The van der Waals surface area contributed by atoms with Gasteiger partial charge in [-0.1, -0.05) is 24.3 Å². The summed E-state index contributed by atoms with van der Waals surface area (Å²) >= 11 is 4.85. The second kappa shape index (κ2) is 5.11. The lowest BCUT2D eigenvalue weighted by atomic mass is 10.0. The number of thiophene rings is 1. The molecule has 0 bridgehead atoms. The van der Waals surface area contributed by atoms with Crippen LogP contribution in [-0.2, 0) is 0 Å². The highest BCUT2D eigenvalue weighted by Crippen LogP contribution is 2.31. The molecule has 0 spiro atoms. The Bertz CT molecular complexity index is 822. The molecular weight excluding hydrogens is 339 g/mol. The molecule has 0 atom stereocenters. The van der Waals surface area contributed by atoms with Crippen LogP contribution in [0.5, 0.6) is 0 Å². The Kier molecular flexibility index (Phi) is 3.44. The highest BCUT2D eigenvalue weighted by Gasteiger charge is 2.18. The van der Waals surface area contributed by atoms with Crippen LogP contribution in [0, 0.1) is 12.7 Å². The number of carbonyl (C=O) groups is 1. The number of fused-ring (bicyclic) bond motifs is 1. The molecule has 0 unspecified atom stereocenters. The zero-order chi connectivity index (χ0) is 14.3. The Balaban J connectivity index is 2.23. The lowest BCUT2D eigenvalue weighted by molar-refractivity contribution is 0.104. The quantitative estimate of drug-likeness (QED) is 0.571. The average molecular weight is 349 g/mol. The molecule has 3 rings (SSSR count). The van der Waals surface area contributed by atoms with Crippen molar-refractivity contribution < 1.29 is 9.18 Å². The van der Waals surface area contributed by atoms with Crippen molar-refractivity contribution in [1.82, 2.24) is 0 Å². The average Bonchev–Trinajstić information content (AvgIpc) is 2.78. The van der Waals surface area contributed by atoms with E-state index in [4.69, 9.17) is 0 Å². The molecule has 4 heteroatoms. The van der Waals surface area contributed by atoms with Crippen LogP contribution in [0.3, 0.4) is 0 Å². The zero-order valence-electron chi connectivity index (χ0n) is 10.6. The standard InChI is InChI=1S/C16H10BrFOS/c1-9-8-13(17)16(20-9)15(19)12-6-7-14(18)11-5-3-2-4-10(11)12/h2-8H,1H3. The summed E-state index contributed by atoms with van der Waals surface area (Å²) in [4.78, 5) is 14.4. The minimum absolute atomic E-state index is 0.0776. The van der Waals surface area contributed by atoms with E-state index in [1.54, 1.807) is 24.3 Å². The van der Waals surface area contributed by atoms with E-state index in [1.807, 2.05) is 19.1 Å². The van der Waals surface area contributed by atoms with Gasteiger partial charge in [0.05, 0.1) is 4.88 Å². The van der Waals surface area contributed by atoms with Gasteiger partial charge in [0, 0.05) is 20.3 Å². The summed E-state index contributed by atoms with van der Waals surface area (Å²) < 4.78 is 14.6. The van der Waals surface area contributed by atoms with Gasteiger partial charge < -0.3 is 0 Å². The molecule has 1 aromatic heterocycles. The summed E-state index contributed by atoms with van der Waals surface area (Å²) in [6.07, 6.45) is 0. The second-order valence-corrected chi connectivity index (χ2v) is 6.61. The van der Waals surface area contributed by atoms with Gasteiger partial charge in [-0.25, -0.2) is 4.39 Å². The van der Waals surface area contributed by atoms with E-state index >= 15 is 0 Å². The molecule has 0 radical (unpaired) electrons. The van der Waals surface area contributed by atoms with Gasteiger partial charge in [0.25, 0.3) is 0 Å². The number of halogens is 2. The molecule has 3 aromatic rings. The van der Waals surface area contributed by atoms with Gasteiger partial charge in [-0.05, 0) is 46.4 Å². The molecule has 100 valence electrons. The predicted molar refractivity (Wildman–Crippen MR) is 84.1 cm³/mol. The first kappa shape index (κ1) is 13.5. The number of benzene rings is 2. The van der Waals surface area contributed by atoms with Crippen LogP contribution in [0.1, 0.15) is 20.1 Å². The van der Waals surface area contributed by atoms with Crippen LogP contribution >= 0.6 is 27.3 Å². The second-order valence-electron chi connectivity index (χ2n) is 4.50. The fourth-order valence-corrected chi connectivity index (χ4v) is 4.00. The first-order valence-corrected chi connectivity index (χ1v) is 7.67. The molecule has 0 saturated heterocycles. The number of rotatable bonds is 2. The topological polar surface area (TPSA) is 17.1 Å². The van der Waals surface area contributed by atoms with Crippen molar-refractivity contribution in [3.8, 4) is 0 Å². The smallest absolute Gasteiger partial charge is 0.204 e. The lowest BCUT2D eigenvalue weighted by Crippen LogP contribution is -2.01. The summed E-state index contributed by atoms with van der Waals surface area (Å²) in [5.41, 5.74) is 0.532. The Morgan fingerprint density at radius 1 is 1.15 bits per heavy atom. The van der Waals surface area contributed by atoms with Gasteiger partial charge in [0.2, 0.25) is 5.78 Å². The number of hydrogen-bond acceptors (Lipinski definition) is 2. The molecule has 0 saturated carbocycles. The van der Waals surface area contributed by atoms with Crippen molar-refractivity contribution in [3.63, 3.8) is 0 Å². The number of ketones is 1. The minimum atomic E-state index is -0.307. The predicted octanol–water partition coefficient (Wildman–Crippen LogP) is 5.34. The molecule has 2 aromatic carbocycles. The van der Waals surface area contributed by atoms with Crippen LogP contribution in [0.25, 0.3) is 10.8 Å². The van der Waals surface area contributed by atoms with Gasteiger partial charge in [0.15, 0.2) is 0 Å². The zero-order valence-corrected chi connectivity index (χ0v) is 13.0. The summed E-state index contributed by atoms with van der Waals surface area (Å²) in [5.74, 6) is -0.384. The molecule has 0 fully saturated rings. The van der Waals surface area contributed by atoms with Crippen LogP contribution in [0.15, 0.2) is 46.9 Å². The summed E-state index contributed by atoms with van der Waals surface area (Å²) in [7, 11) is 0. The van der Waals surface area contributed by atoms with E-state index in [9.17, 15) is 9.18 Å². The Morgan fingerprint density at radius 3 is 2.50 bits per heavy atom. The third-order valence-electron chi connectivity index (χ3n) is 3.13. The minimum Gasteiger partial charge on any atom is -0.288 e. The molecule has 0 amide bonds. The molecule has 0 N–H and O–H groups in total. The Labute approximate surface area is 128 Å². The van der Waals surface area contributed by atoms with Crippen molar-refractivity contribution in [2.24, 2.45) is 0 Å². The normalized spacial score (nSPS) is 10.9. The molecule has 0 aliphatic rings. The van der Waals surface area contributed by atoms with E-state index in [0.29, 0.717) is 21.2 Å². The third kappa shape index (κ3) is 2.19. The van der Waals surface area contributed by atoms with Crippen molar-refractivity contribution >= 4 is 43.8 Å². The number of aryl methyl sites for hydroxylation is 1. The lowest BCUT2D eigenvalue weighted by Gasteiger charge is -2.06. The van der Waals surface area contributed by atoms with Gasteiger partial charge in [-0.3, -0.25) is 4.79 Å². The van der Waals surface area contributed by atoms with Crippen LogP contribution in [0.4, 0.5) is 4.39 Å². The van der Waals surface area contributed by atoms with Gasteiger partial charge in [0.1, 0.15) is 5.82 Å². The first-order chi connectivity index (χ1) is 9.58. The van der Waals surface area contributed by atoms with E-state index in [-0.39, 0.29) is 11.6 Å². The largest absolute Gasteiger partial charge is 0.288 e. The highest BCUT2D eigenvalue weighted by molar-refractivity contribution is 9.10. The molecule has 20 heavy (non-hydrogen) atoms. The highest BCUT2D eigenvalue weighted by atomic mass is 79.9. The van der Waals surface area contributed by atoms with E-state index < -0.39 is 0 Å². The molecular formula is C16H10BrFOS. The molecule has 1 nitrogen and oxygen atoms in total. The fraction of sp³-hybridized carbons (Fsp3) is 0.0625. The van der Waals surface area contributed by atoms with Gasteiger partial charge >= 0.3 is 0 Å². The van der Waals surface area contributed by atoms with E-state index in [1.165, 1.54) is 17.4 Å². The SMILES string of the molecule is Cc1cc(Br)c(C(=O)c2ccc(F)c3ccccc23)s1. The van der Waals surface area contributed by atoms with Crippen molar-refractivity contribution in [1.29, 1.82) is 0 Å². The van der Waals surface area contributed by atoms with Crippen LogP contribution in [-0.4, -0.2) is 5.78 Å². The van der Waals surface area contributed by atoms with Crippen molar-refractivity contribution in [2.75, 3.05) is 0 Å². The first-order valence-electron chi connectivity index (χ1n) is 6.06. The number of hydrogen-bond donors (Lipinski definition) is 0. The molecule has 0 aliphatic heterocycles. The summed E-state index contributed by atoms with van der Waals surface area (Å²) in [5, 5.41) is 1.12. The fourth-order valence-electron chi connectivity index (χ4n) is 2.22. The molecule has 0 aliphatic carbocycles. The van der Waals surface area contributed by atoms with E-state index in [0.717, 1.165) is 9.35 Å². The van der Waals surface area contributed by atoms with Gasteiger partial charge in [-0.15, -0.1) is 11.3 Å². The maximum Gasteiger partial charge on any atom is 0.204 e. The Hall–Kier alpha value is -1.52. The summed E-state index contributed by atoms with van der Waals surface area (Å²) in [6, 6.07) is 11.9. The third-order valence-corrected chi connectivity index (χ3v) is 5.07. The van der Waals surface area contributed by atoms with Crippen LogP contribution < -0.4 is 0 Å². The van der Waals surface area contributed by atoms with Crippen LogP contribution in [0.2, 0.25) is 0 Å². The van der Waals surface area contributed by atoms with E-state index in [2.05, 4.69) is 15.9 Å². The Morgan fingerprint density at radius 2 is 1.85 bits per heavy atom. The maximum atomic E-state index is 13.8. The summed E-state index contributed by atoms with van der Waals surface area (Å²) in [6.45, 7) is 1.95.